The second kappa shape index (κ2) is 8.12. The molecule has 1 aromatic carbocycles. The summed E-state index contributed by atoms with van der Waals surface area (Å²) in [7, 11) is 0. The first kappa shape index (κ1) is 17.4. The third-order valence-corrected chi connectivity index (χ3v) is 4.98. The van der Waals surface area contributed by atoms with Crippen molar-refractivity contribution in [3.05, 3.63) is 60.4 Å². The van der Waals surface area contributed by atoms with E-state index in [4.69, 9.17) is 4.42 Å². The van der Waals surface area contributed by atoms with Gasteiger partial charge in [-0.3, -0.25) is 4.79 Å². The van der Waals surface area contributed by atoms with Crippen molar-refractivity contribution in [1.82, 2.24) is 15.3 Å². The molecular formula is C21H24N4O2. The summed E-state index contributed by atoms with van der Waals surface area (Å²) in [5.41, 5.74) is 2.98. The minimum atomic E-state index is -0.119. The molecule has 0 atom stereocenters. The standard InChI is InChI=1S/C21H24N4O2/c26-21(25-17-4-2-1-3-5-17)20-11-10-19(27-20)15-6-8-16(9-7-15)23-13-18-12-22-14-24-18/h6-12,14,17,23H,1-5,13H2,(H,22,24)(H,25,26). The van der Waals surface area contributed by atoms with Gasteiger partial charge in [-0.1, -0.05) is 19.3 Å². The van der Waals surface area contributed by atoms with Crippen LogP contribution in [-0.2, 0) is 6.54 Å². The predicted molar refractivity (Wildman–Crippen MR) is 104 cm³/mol. The fraction of sp³-hybridized carbons (Fsp3) is 0.333. The number of benzene rings is 1. The molecule has 0 bridgehead atoms. The highest BCUT2D eigenvalue weighted by Crippen LogP contribution is 2.24. The summed E-state index contributed by atoms with van der Waals surface area (Å²) in [5, 5.41) is 6.42. The van der Waals surface area contributed by atoms with Crippen molar-refractivity contribution in [3.8, 4) is 11.3 Å². The Labute approximate surface area is 158 Å². The van der Waals surface area contributed by atoms with Crippen LogP contribution in [0.5, 0.6) is 0 Å². The number of hydrogen-bond acceptors (Lipinski definition) is 4. The maximum Gasteiger partial charge on any atom is 0.287 e. The smallest absolute Gasteiger partial charge is 0.287 e. The Morgan fingerprint density at radius 3 is 2.67 bits per heavy atom. The van der Waals surface area contributed by atoms with Crippen LogP contribution in [0.4, 0.5) is 5.69 Å². The highest BCUT2D eigenvalue weighted by molar-refractivity contribution is 5.92. The molecule has 4 rings (SSSR count). The highest BCUT2D eigenvalue weighted by atomic mass is 16.3. The van der Waals surface area contributed by atoms with Gasteiger partial charge in [0.1, 0.15) is 5.76 Å². The molecule has 1 fully saturated rings. The molecule has 2 aromatic heterocycles. The van der Waals surface area contributed by atoms with E-state index in [2.05, 4.69) is 20.6 Å². The van der Waals surface area contributed by atoms with Crippen molar-refractivity contribution in [2.24, 2.45) is 0 Å². The van der Waals surface area contributed by atoms with Gasteiger partial charge in [-0.05, 0) is 49.2 Å². The number of furan rings is 1. The highest BCUT2D eigenvalue weighted by Gasteiger charge is 2.19. The molecule has 0 aliphatic heterocycles. The van der Waals surface area contributed by atoms with Crippen molar-refractivity contribution in [3.63, 3.8) is 0 Å². The minimum absolute atomic E-state index is 0.119. The van der Waals surface area contributed by atoms with Crippen LogP contribution in [0.3, 0.4) is 0 Å². The fourth-order valence-corrected chi connectivity index (χ4v) is 3.45. The largest absolute Gasteiger partial charge is 0.451 e. The average molecular weight is 364 g/mol. The van der Waals surface area contributed by atoms with E-state index in [0.29, 0.717) is 18.1 Å². The van der Waals surface area contributed by atoms with Crippen molar-refractivity contribution in [2.75, 3.05) is 5.32 Å². The van der Waals surface area contributed by atoms with E-state index in [1.54, 1.807) is 18.6 Å². The molecule has 1 aliphatic carbocycles. The van der Waals surface area contributed by atoms with Crippen LogP contribution < -0.4 is 10.6 Å². The molecule has 1 amide bonds. The van der Waals surface area contributed by atoms with Crippen LogP contribution in [0.15, 0.2) is 53.3 Å². The van der Waals surface area contributed by atoms with Gasteiger partial charge in [0, 0.05) is 23.5 Å². The molecule has 0 saturated heterocycles. The molecule has 3 aromatic rings. The van der Waals surface area contributed by atoms with Gasteiger partial charge in [-0.2, -0.15) is 0 Å². The number of anilines is 1. The van der Waals surface area contributed by atoms with E-state index in [9.17, 15) is 4.79 Å². The number of amides is 1. The summed E-state index contributed by atoms with van der Waals surface area (Å²) in [6, 6.07) is 11.8. The topological polar surface area (TPSA) is 83.0 Å². The summed E-state index contributed by atoms with van der Waals surface area (Å²) < 4.78 is 5.79. The van der Waals surface area contributed by atoms with Gasteiger partial charge < -0.3 is 20.0 Å². The summed E-state index contributed by atoms with van der Waals surface area (Å²) >= 11 is 0. The van der Waals surface area contributed by atoms with Crippen LogP contribution in [-0.4, -0.2) is 21.9 Å². The number of H-pyrrole nitrogens is 1. The molecule has 2 heterocycles. The molecule has 0 spiro atoms. The Kier molecular flexibility index (Phi) is 5.23. The zero-order chi connectivity index (χ0) is 18.5. The fourth-order valence-electron chi connectivity index (χ4n) is 3.45. The van der Waals surface area contributed by atoms with Gasteiger partial charge in [-0.15, -0.1) is 0 Å². The van der Waals surface area contributed by atoms with Crippen molar-refractivity contribution in [2.45, 2.75) is 44.7 Å². The van der Waals surface area contributed by atoms with Gasteiger partial charge in [0.05, 0.1) is 18.6 Å². The second-order valence-corrected chi connectivity index (χ2v) is 6.98. The van der Waals surface area contributed by atoms with Gasteiger partial charge in [0.15, 0.2) is 5.76 Å². The summed E-state index contributed by atoms with van der Waals surface area (Å²) in [5.74, 6) is 0.951. The molecule has 0 unspecified atom stereocenters. The SMILES string of the molecule is O=C(NC1CCCCC1)c1ccc(-c2ccc(NCc3cnc[nH]3)cc2)o1. The maximum absolute atomic E-state index is 12.4. The van der Waals surface area contributed by atoms with Crippen LogP contribution >= 0.6 is 0 Å². The van der Waals surface area contributed by atoms with E-state index in [-0.39, 0.29) is 11.9 Å². The molecule has 140 valence electrons. The third kappa shape index (κ3) is 4.39. The molecule has 6 heteroatoms. The van der Waals surface area contributed by atoms with Crippen LogP contribution in [0.2, 0.25) is 0 Å². The monoisotopic (exact) mass is 364 g/mol. The molecule has 27 heavy (non-hydrogen) atoms. The Balaban J connectivity index is 1.36. The number of nitrogens with one attached hydrogen (secondary N) is 3. The lowest BCUT2D eigenvalue weighted by Crippen LogP contribution is -2.35. The lowest BCUT2D eigenvalue weighted by atomic mass is 9.95. The Morgan fingerprint density at radius 2 is 1.93 bits per heavy atom. The van der Waals surface area contributed by atoms with E-state index in [0.717, 1.165) is 29.8 Å². The molecule has 1 saturated carbocycles. The number of hydrogen-bond donors (Lipinski definition) is 3. The molecule has 3 N–H and O–H groups in total. The number of carbonyl (C=O) groups is 1. The van der Waals surface area contributed by atoms with Crippen LogP contribution in [0.1, 0.15) is 48.4 Å². The summed E-state index contributed by atoms with van der Waals surface area (Å²) in [6.45, 7) is 0.686. The van der Waals surface area contributed by atoms with E-state index < -0.39 is 0 Å². The second-order valence-electron chi connectivity index (χ2n) is 6.98. The molecule has 1 aliphatic rings. The number of carbonyl (C=O) groups excluding carboxylic acids is 1. The maximum atomic E-state index is 12.4. The predicted octanol–water partition coefficient (Wildman–Crippen LogP) is 4.34. The molecule has 6 nitrogen and oxygen atoms in total. The summed E-state index contributed by atoms with van der Waals surface area (Å²) in [4.78, 5) is 19.4. The Morgan fingerprint density at radius 1 is 1.11 bits per heavy atom. The van der Waals surface area contributed by atoms with E-state index >= 15 is 0 Å². The van der Waals surface area contributed by atoms with E-state index in [1.165, 1.54) is 19.3 Å². The summed E-state index contributed by atoms with van der Waals surface area (Å²) in [6.07, 6.45) is 9.23. The van der Waals surface area contributed by atoms with Gasteiger partial charge in [-0.25, -0.2) is 4.98 Å². The molecular weight excluding hydrogens is 340 g/mol. The molecule has 0 radical (unpaired) electrons. The number of imidazole rings is 1. The minimum Gasteiger partial charge on any atom is -0.451 e. The zero-order valence-electron chi connectivity index (χ0n) is 15.2. The number of rotatable bonds is 6. The van der Waals surface area contributed by atoms with Crippen molar-refractivity contribution >= 4 is 11.6 Å². The Bertz CT molecular complexity index is 862. The third-order valence-electron chi connectivity index (χ3n) is 4.98. The first-order valence-electron chi connectivity index (χ1n) is 9.50. The quantitative estimate of drug-likeness (QED) is 0.607. The average Bonchev–Trinajstić information content (AvgIpc) is 3.40. The van der Waals surface area contributed by atoms with Gasteiger partial charge in [0.2, 0.25) is 0 Å². The Hall–Kier alpha value is -3.02. The van der Waals surface area contributed by atoms with E-state index in [1.807, 2.05) is 30.3 Å². The zero-order valence-corrected chi connectivity index (χ0v) is 15.2. The van der Waals surface area contributed by atoms with Gasteiger partial charge >= 0.3 is 0 Å². The number of nitrogens with zero attached hydrogens (tertiary/aromatic N) is 1. The lowest BCUT2D eigenvalue weighted by molar-refractivity contribution is 0.0900. The van der Waals surface area contributed by atoms with Gasteiger partial charge in [0.25, 0.3) is 5.91 Å². The van der Waals surface area contributed by atoms with Crippen LogP contribution in [0.25, 0.3) is 11.3 Å². The number of aromatic nitrogens is 2. The van der Waals surface area contributed by atoms with Crippen molar-refractivity contribution < 1.29 is 9.21 Å². The first-order valence-corrected chi connectivity index (χ1v) is 9.50. The van der Waals surface area contributed by atoms with Crippen molar-refractivity contribution in [1.29, 1.82) is 0 Å². The lowest BCUT2D eigenvalue weighted by Gasteiger charge is -2.22. The van der Waals surface area contributed by atoms with Crippen LogP contribution in [0, 0.1) is 0 Å². The first-order chi connectivity index (χ1) is 13.3. The number of aromatic amines is 1. The normalized spacial score (nSPS) is 14.8.